The lowest BCUT2D eigenvalue weighted by Crippen LogP contribution is -2.34. The number of ether oxygens (including phenoxy) is 1. The van der Waals surface area contributed by atoms with Crippen LogP contribution in [0.3, 0.4) is 0 Å². The number of hydrogen-bond acceptors (Lipinski definition) is 4. The number of pyridine rings is 1. The van der Waals surface area contributed by atoms with E-state index in [9.17, 15) is 9.18 Å². The first-order chi connectivity index (χ1) is 10.1. The van der Waals surface area contributed by atoms with Crippen molar-refractivity contribution in [3.05, 3.63) is 23.6 Å². The van der Waals surface area contributed by atoms with E-state index in [4.69, 9.17) is 4.74 Å². The summed E-state index contributed by atoms with van der Waals surface area (Å²) in [4.78, 5) is 17.9. The standard InChI is InChI=1S/C15H22FN3O2/c1-3-17-14-13(16)12(4-7-18-14)15(20)19(2)10-11-5-8-21-9-6-11/h4,7,11H,3,5-6,8-10H2,1-2H3,(H,17,18). The van der Waals surface area contributed by atoms with E-state index in [1.807, 2.05) is 6.92 Å². The Bertz CT molecular complexity index is 490. The van der Waals surface area contributed by atoms with Crippen molar-refractivity contribution in [1.82, 2.24) is 9.88 Å². The molecule has 2 rings (SSSR count). The third-order valence-electron chi connectivity index (χ3n) is 3.68. The van der Waals surface area contributed by atoms with Crippen LogP contribution in [0, 0.1) is 11.7 Å². The van der Waals surface area contributed by atoms with Gasteiger partial charge in [0.15, 0.2) is 11.6 Å². The van der Waals surface area contributed by atoms with Crippen molar-refractivity contribution >= 4 is 11.7 Å². The number of carbonyl (C=O) groups excluding carboxylic acids is 1. The number of aromatic nitrogens is 1. The fourth-order valence-electron chi connectivity index (χ4n) is 2.50. The third kappa shape index (κ3) is 3.91. The number of anilines is 1. The zero-order valence-electron chi connectivity index (χ0n) is 12.6. The Hall–Kier alpha value is -1.69. The second-order valence-corrected chi connectivity index (χ2v) is 5.29. The summed E-state index contributed by atoms with van der Waals surface area (Å²) in [6, 6.07) is 1.43. The Morgan fingerprint density at radius 1 is 1.52 bits per heavy atom. The molecule has 0 unspecified atom stereocenters. The number of hydrogen-bond donors (Lipinski definition) is 1. The average Bonchev–Trinajstić information content (AvgIpc) is 2.50. The van der Waals surface area contributed by atoms with Crippen molar-refractivity contribution in [1.29, 1.82) is 0 Å². The van der Waals surface area contributed by atoms with E-state index in [-0.39, 0.29) is 17.3 Å². The molecule has 1 aliphatic heterocycles. The molecule has 0 bridgehead atoms. The lowest BCUT2D eigenvalue weighted by Gasteiger charge is -2.27. The smallest absolute Gasteiger partial charge is 0.256 e. The molecule has 0 saturated carbocycles. The van der Waals surface area contributed by atoms with Crippen LogP contribution in [-0.4, -0.2) is 49.1 Å². The Balaban J connectivity index is 2.06. The molecule has 2 heterocycles. The second-order valence-electron chi connectivity index (χ2n) is 5.29. The highest BCUT2D eigenvalue weighted by molar-refractivity contribution is 5.95. The van der Waals surface area contributed by atoms with Gasteiger partial charge in [-0.05, 0) is 31.7 Å². The summed E-state index contributed by atoms with van der Waals surface area (Å²) in [5, 5.41) is 2.82. The van der Waals surface area contributed by atoms with E-state index < -0.39 is 5.82 Å². The quantitative estimate of drug-likeness (QED) is 0.904. The van der Waals surface area contributed by atoms with Crippen LogP contribution in [0.1, 0.15) is 30.1 Å². The van der Waals surface area contributed by atoms with Gasteiger partial charge in [-0.1, -0.05) is 0 Å². The lowest BCUT2D eigenvalue weighted by atomic mass is 9.99. The monoisotopic (exact) mass is 295 g/mol. The highest BCUT2D eigenvalue weighted by Crippen LogP contribution is 2.19. The van der Waals surface area contributed by atoms with E-state index >= 15 is 0 Å². The molecule has 1 aliphatic rings. The molecule has 1 N–H and O–H groups in total. The third-order valence-corrected chi connectivity index (χ3v) is 3.68. The first-order valence-electron chi connectivity index (χ1n) is 7.35. The van der Waals surface area contributed by atoms with E-state index in [1.165, 1.54) is 12.3 Å². The van der Waals surface area contributed by atoms with Crippen LogP contribution in [0.4, 0.5) is 10.2 Å². The van der Waals surface area contributed by atoms with Gasteiger partial charge in [0.2, 0.25) is 0 Å². The zero-order valence-corrected chi connectivity index (χ0v) is 12.6. The van der Waals surface area contributed by atoms with E-state index in [2.05, 4.69) is 10.3 Å². The fourth-order valence-corrected chi connectivity index (χ4v) is 2.50. The van der Waals surface area contributed by atoms with Crippen LogP contribution >= 0.6 is 0 Å². The van der Waals surface area contributed by atoms with Crippen LogP contribution in [0.25, 0.3) is 0 Å². The van der Waals surface area contributed by atoms with E-state index in [1.54, 1.807) is 11.9 Å². The van der Waals surface area contributed by atoms with Gasteiger partial charge in [-0.2, -0.15) is 0 Å². The summed E-state index contributed by atoms with van der Waals surface area (Å²) < 4.78 is 19.6. The summed E-state index contributed by atoms with van der Waals surface area (Å²) in [5.41, 5.74) is 0.0653. The number of rotatable bonds is 5. The van der Waals surface area contributed by atoms with Crippen molar-refractivity contribution in [2.45, 2.75) is 19.8 Å². The van der Waals surface area contributed by atoms with Crippen molar-refractivity contribution in [3.8, 4) is 0 Å². The van der Waals surface area contributed by atoms with Crippen LogP contribution in [0.15, 0.2) is 12.3 Å². The molecule has 21 heavy (non-hydrogen) atoms. The Morgan fingerprint density at radius 3 is 2.90 bits per heavy atom. The first kappa shape index (κ1) is 15.7. The van der Waals surface area contributed by atoms with Crippen LogP contribution < -0.4 is 5.32 Å². The molecular formula is C15H22FN3O2. The van der Waals surface area contributed by atoms with Crippen LogP contribution in [-0.2, 0) is 4.74 Å². The van der Waals surface area contributed by atoms with Gasteiger partial charge in [-0.15, -0.1) is 0 Å². The highest BCUT2D eigenvalue weighted by atomic mass is 19.1. The topological polar surface area (TPSA) is 54.5 Å². The summed E-state index contributed by atoms with van der Waals surface area (Å²) in [5.74, 6) is -0.336. The Kier molecular flexibility index (Phi) is 5.50. The summed E-state index contributed by atoms with van der Waals surface area (Å²) in [7, 11) is 1.71. The molecular weight excluding hydrogens is 273 g/mol. The van der Waals surface area contributed by atoms with Gasteiger partial charge < -0.3 is 15.0 Å². The molecule has 5 nitrogen and oxygen atoms in total. The van der Waals surface area contributed by atoms with Crippen molar-refractivity contribution in [3.63, 3.8) is 0 Å². The Morgan fingerprint density at radius 2 is 2.24 bits per heavy atom. The molecule has 1 aromatic heterocycles. The molecule has 1 fully saturated rings. The minimum atomic E-state index is -0.580. The maximum Gasteiger partial charge on any atom is 0.256 e. The molecule has 0 spiro atoms. The number of amides is 1. The van der Waals surface area contributed by atoms with Gasteiger partial charge >= 0.3 is 0 Å². The molecule has 6 heteroatoms. The van der Waals surface area contributed by atoms with E-state index in [0.717, 1.165) is 26.1 Å². The Labute approximate surface area is 124 Å². The second kappa shape index (κ2) is 7.36. The van der Waals surface area contributed by atoms with Crippen LogP contribution in [0.5, 0.6) is 0 Å². The molecule has 1 saturated heterocycles. The maximum atomic E-state index is 14.3. The number of carbonyl (C=O) groups is 1. The predicted molar refractivity (Wildman–Crippen MR) is 78.9 cm³/mol. The van der Waals surface area contributed by atoms with Crippen molar-refractivity contribution < 1.29 is 13.9 Å². The zero-order chi connectivity index (χ0) is 15.2. The maximum absolute atomic E-state index is 14.3. The number of nitrogens with one attached hydrogen (secondary N) is 1. The number of nitrogens with zero attached hydrogens (tertiary/aromatic N) is 2. The molecule has 116 valence electrons. The van der Waals surface area contributed by atoms with Gasteiger partial charge in [0.25, 0.3) is 5.91 Å². The molecule has 0 aromatic carbocycles. The summed E-state index contributed by atoms with van der Waals surface area (Å²) in [6.45, 7) is 4.51. The van der Waals surface area contributed by atoms with Gasteiger partial charge in [0.1, 0.15) is 0 Å². The minimum absolute atomic E-state index is 0.0653. The van der Waals surface area contributed by atoms with Gasteiger partial charge in [0.05, 0.1) is 5.56 Å². The first-order valence-corrected chi connectivity index (χ1v) is 7.35. The number of halogens is 1. The molecule has 0 atom stereocenters. The SMILES string of the molecule is CCNc1nccc(C(=O)N(C)CC2CCOCC2)c1F. The van der Waals surface area contributed by atoms with Gasteiger partial charge in [0, 0.05) is 39.5 Å². The fraction of sp³-hybridized carbons (Fsp3) is 0.600. The van der Waals surface area contributed by atoms with Gasteiger partial charge in [-0.25, -0.2) is 9.37 Å². The minimum Gasteiger partial charge on any atom is -0.381 e. The van der Waals surface area contributed by atoms with Gasteiger partial charge in [-0.3, -0.25) is 4.79 Å². The molecule has 1 aromatic rings. The highest BCUT2D eigenvalue weighted by Gasteiger charge is 2.22. The summed E-state index contributed by atoms with van der Waals surface area (Å²) in [6.07, 6.45) is 3.34. The molecule has 0 aliphatic carbocycles. The molecule has 1 amide bonds. The predicted octanol–water partition coefficient (Wildman–Crippen LogP) is 2.15. The summed E-state index contributed by atoms with van der Waals surface area (Å²) >= 11 is 0. The van der Waals surface area contributed by atoms with Crippen molar-refractivity contribution in [2.24, 2.45) is 5.92 Å². The van der Waals surface area contributed by atoms with Crippen LogP contribution in [0.2, 0.25) is 0 Å². The largest absolute Gasteiger partial charge is 0.381 e. The van der Waals surface area contributed by atoms with E-state index in [0.29, 0.717) is 19.0 Å². The normalized spacial score (nSPS) is 15.8. The molecule has 0 radical (unpaired) electrons. The average molecular weight is 295 g/mol. The van der Waals surface area contributed by atoms with Crippen molar-refractivity contribution in [2.75, 3.05) is 38.7 Å². The lowest BCUT2D eigenvalue weighted by molar-refractivity contribution is 0.0495.